The Kier molecular flexibility index (Phi) is 5.68. The Balaban J connectivity index is 4.65. The SMILES string of the molecule is CC#[C][Pb]([C]#CC)([CH2]C)[CH2]C. The maximum atomic E-state index is 3.40. The van der Waals surface area contributed by atoms with E-state index in [1.807, 2.05) is 13.8 Å². The molecule has 0 aliphatic carbocycles. The first kappa shape index (κ1) is 11.0. The van der Waals surface area contributed by atoms with Crippen LogP contribution in [-0.4, -0.2) is 21.2 Å². The zero-order valence-electron chi connectivity index (χ0n) is 7.91. The van der Waals surface area contributed by atoms with Gasteiger partial charge in [0.1, 0.15) is 0 Å². The van der Waals surface area contributed by atoms with Crippen LogP contribution in [0.15, 0.2) is 0 Å². The Morgan fingerprint density at radius 1 is 0.909 bits per heavy atom. The summed E-state index contributed by atoms with van der Waals surface area (Å²) in [6.45, 7) is 8.33. The van der Waals surface area contributed by atoms with Crippen molar-refractivity contribution in [1.29, 1.82) is 0 Å². The Bertz CT molecular complexity index is 193. The van der Waals surface area contributed by atoms with Crippen molar-refractivity contribution in [2.75, 3.05) is 0 Å². The third-order valence-electron chi connectivity index (χ3n) is 1.94. The molecular weight excluding hydrogens is 327 g/mol. The summed E-state index contributed by atoms with van der Waals surface area (Å²) in [4.78, 5) is 0. The summed E-state index contributed by atoms with van der Waals surface area (Å²) in [6, 6.07) is 0. The first-order chi connectivity index (χ1) is 5.24. The molecule has 0 aromatic rings. The molecule has 0 nitrogen and oxygen atoms in total. The van der Waals surface area contributed by atoms with E-state index in [2.05, 4.69) is 32.6 Å². The Morgan fingerprint density at radius 2 is 1.27 bits per heavy atom. The van der Waals surface area contributed by atoms with Gasteiger partial charge in [-0.25, -0.2) is 0 Å². The van der Waals surface area contributed by atoms with Gasteiger partial charge in [-0.05, 0) is 0 Å². The van der Waals surface area contributed by atoms with Crippen LogP contribution in [0.2, 0.25) is 7.96 Å². The van der Waals surface area contributed by atoms with E-state index < -0.39 is 21.2 Å². The third kappa shape index (κ3) is 3.29. The van der Waals surface area contributed by atoms with Gasteiger partial charge in [0.05, 0.1) is 0 Å². The van der Waals surface area contributed by atoms with Crippen molar-refractivity contribution < 1.29 is 0 Å². The fourth-order valence-electron chi connectivity index (χ4n) is 1.11. The molecule has 0 unspecified atom stereocenters. The van der Waals surface area contributed by atoms with Crippen LogP contribution >= 0.6 is 0 Å². The fourth-order valence-corrected chi connectivity index (χ4v) is 9.77. The minimum absolute atomic E-state index is 1.24. The predicted octanol–water partition coefficient (Wildman–Crippen LogP) is 2.60. The van der Waals surface area contributed by atoms with Crippen LogP contribution in [-0.2, 0) is 0 Å². The van der Waals surface area contributed by atoms with Gasteiger partial charge in [0, 0.05) is 0 Å². The topological polar surface area (TPSA) is 0 Å². The molecule has 0 atom stereocenters. The molecule has 0 radical (unpaired) electrons. The van der Waals surface area contributed by atoms with Gasteiger partial charge < -0.3 is 0 Å². The van der Waals surface area contributed by atoms with Gasteiger partial charge in [-0.3, -0.25) is 0 Å². The third-order valence-corrected chi connectivity index (χ3v) is 17.0. The second-order valence-electron chi connectivity index (χ2n) is 2.54. The summed E-state index contributed by atoms with van der Waals surface area (Å²) in [7, 11) is 0. The summed E-state index contributed by atoms with van der Waals surface area (Å²) >= 11 is -2.32. The summed E-state index contributed by atoms with van der Waals surface area (Å²) in [5.41, 5.74) is 0. The molecule has 0 aromatic carbocycles. The fraction of sp³-hybridized carbons (Fsp3) is 0.600. The second kappa shape index (κ2) is 5.66. The molecule has 0 fully saturated rings. The molecular formula is C10H16Pb. The second-order valence-corrected chi connectivity index (χ2v) is 18.4. The van der Waals surface area contributed by atoms with E-state index in [1.54, 1.807) is 0 Å². The summed E-state index contributed by atoms with van der Waals surface area (Å²) in [5.74, 6) is 6.08. The van der Waals surface area contributed by atoms with Crippen LogP contribution in [0.3, 0.4) is 0 Å². The number of rotatable bonds is 2. The van der Waals surface area contributed by atoms with Gasteiger partial charge in [0.15, 0.2) is 0 Å². The van der Waals surface area contributed by atoms with Gasteiger partial charge >= 0.3 is 75.6 Å². The van der Waals surface area contributed by atoms with Crippen molar-refractivity contribution >= 4 is 21.2 Å². The standard InChI is InChI=1S/2C3H3.2C2H5.Pb/c2*1-3-2;2*1-2;/h2*1H3;2*1H2,2H3;. The Labute approximate surface area is 75.4 Å². The van der Waals surface area contributed by atoms with Crippen molar-refractivity contribution in [2.45, 2.75) is 35.7 Å². The van der Waals surface area contributed by atoms with Crippen LogP contribution in [0.25, 0.3) is 0 Å². The van der Waals surface area contributed by atoms with Crippen LogP contribution in [0.1, 0.15) is 27.7 Å². The predicted molar refractivity (Wildman–Crippen MR) is 53.6 cm³/mol. The van der Waals surface area contributed by atoms with E-state index >= 15 is 0 Å². The molecule has 0 rings (SSSR count). The normalized spacial score (nSPS) is 9.09. The molecule has 0 saturated carbocycles. The molecule has 1 heteroatoms. The van der Waals surface area contributed by atoms with E-state index in [9.17, 15) is 0 Å². The van der Waals surface area contributed by atoms with E-state index in [-0.39, 0.29) is 0 Å². The molecule has 0 heterocycles. The van der Waals surface area contributed by atoms with Gasteiger partial charge in [-0.15, -0.1) is 0 Å². The Hall–Kier alpha value is 0.0421. The van der Waals surface area contributed by atoms with E-state index in [0.717, 1.165) is 0 Å². The van der Waals surface area contributed by atoms with E-state index in [4.69, 9.17) is 0 Å². The molecule has 60 valence electrons. The molecule has 0 spiro atoms. The average Bonchev–Trinajstić information content (AvgIpc) is 2.04. The van der Waals surface area contributed by atoms with E-state index in [0.29, 0.717) is 0 Å². The van der Waals surface area contributed by atoms with Crippen molar-refractivity contribution in [3.63, 3.8) is 0 Å². The zero-order valence-corrected chi connectivity index (χ0v) is 11.8. The van der Waals surface area contributed by atoms with Crippen molar-refractivity contribution in [3.8, 4) is 18.8 Å². The van der Waals surface area contributed by atoms with Crippen molar-refractivity contribution in [1.82, 2.24) is 0 Å². The van der Waals surface area contributed by atoms with Gasteiger partial charge in [0.2, 0.25) is 0 Å². The summed E-state index contributed by atoms with van der Waals surface area (Å²) in [6.07, 6.45) is 0. The maximum absolute atomic E-state index is 3.40. The van der Waals surface area contributed by atoms with Crippen molar-refractivity contribution in [3.05, 3.63) is 0 Å². The summed E-state index contributed by atoms with van der Waals surface area (Å²) < 4.78 is 9.27. The quantitative estimate of drug-likeness (QED) is 0.534. The van der Waals surface area contributed by atoms with Crippen LogP contribution in [0.5, 0.6) is 0 Å². The monoisotopic (exact) mass is 344 g/mol. The molecule has 0 aromatic heterocycles. The number of hydrogen-bond donors (Lipinski definition) is 0. The molecule has 0 aliphatic rings. The van der Waals surface area contributed by atoms with Gasteiger partial charge in [-0.1, -0.05) is 0 Å². The Morgan fingerprint density at radius 3 is 1.45 bits per heavy atom. The van der Waals surface area contributed by atoms with Gasteiger partial charge in [-0.2, -0.15) is 0 Å². The van der Waals surface area contributed by atoms with Crippen LogP contribution in [0.4, 0.5) is 0 Å². The molecule has 0 saturated heterocycles. The minimum atomic E-state index is -2.32. The van der Waals surface area contributed by atoms with Gasteiger partial charge in [0.25, 0.3) is 0 Å². The van der Waals surface area contributed by atoms with Crippen LogP contribution < -0.4 is 0 Å². The van der Waals surface area contributed by atoms with Crippen molar-refractivity contribution in [2.24, 2.45) is 0 Å². The first-order valence-electron chi connectivity index (χ1n) is 4.12. The average molecular weight is 343 g/mol. The molecule has 0 N–H and O–H groups in total. The number of hydrogen-bond acceptors (Lipinski definition) is 0. The first-order valence-corrected chi connectivity index (χ1v) is 13.5. The molecule has 0 amide bonds. The van der Waals surface area contributed by atoms with E-state index in [1.165, 1.54) is 7.96 Å². The molecule has 11 heavy (non-hydrogen) atoms. The summed E-state index contributed by atoms with van der Waals surface area (Å²) in [5, 5.41) is 0. The van der Waals surface area contributed by atoms with Crippen LogP contribution in [0, 0.1) is 18.8 Å². The zero-order chi connectivity index (χ0) is 8.74. The molecule has 0 aliphatic heterocycles. The molecule has 0 bridgehead atoms.